The van der Waals surface area contributed by atoms with E-state index in [0.717, 1.165) is 18.2 Å². The molecule has 3 rings (SSSR count). The number of carbonyl (C=O) groups excluding carboxylic acids is 1. The molecule has 3 aromatic rings. The molecule has 0 atom stereocenters. The van der Waals surface area contributed by atoms with Gasteiger partial charge in [0, 0.05) is 30.4 Å². The molecule has 0 saturated heterocycles. The van der Waals surface area contributed by atoms with Crippen molar-refractivity contribution in [3.05, 3.63) is 69.6 Å². The monoisotopic (exact) mass is 422 g/mol. The van der Waals surface area contributed by atoms with Gasteiger partial charge in [-0.05, 0) is 18.2 Å². The summed E-state index contributed by atoms with van der Waals surface area (Å²) < 4.78 is 48.4. The van der Waals surface area contributed by atoms with Gasteiger partial charge in [0.25, 0.3) is 11.6 Å². The highest BCUT2D eigenvalue weighted by Crippen LogP contribution is 2.31. The first kappa shape index (κ1) is 20.8. The van der Waals surface area contributed by atoms with Gasteiger partial charge in [-0.1, -0.05) is 17.3 Å². The predicted molar refractivity (Wildman–Crippen MR) is 96.5 cm³/mol. The van der Waals surface area contributed by atoms with Gasteiger partial charge >= 0.3 is 12.1 Å². The molecule has 0 unspecified atom stereocenters. The molecule has 9 nitrogen and oxygen atoms in total. The highest BCUT2D eigenvalue weighted by atomic mass is 19.4. The Kier molecular flexibility index (Phi) is 5.67. The minimum atomic E-state index is -4.53. The van der Waals surface area contributed by atoms with Crippen molar-refractivity contribution in [2.75, 3.05) is 12.4 Å². The molecule has 2 aromatic carbocycles. The fraction of sp³-hybridized carbons (Fsp3) is 0.167. The van der Waals surface area contributed by atoms with Gasteiger partial charge in [0.1, 0.15) is 0 Å². The maximum absolute atomic E-state index is 12.8. The highest BCUT2D eigenvalue weighted by molar-refractivity contribution is 5.96. The summed E-state index contributed by atoms with van der Waals surface area (Å²) in [5, 5.41) is 17.2. The number of aromatic nitrogens is 2. The van der Waals surface area contributed by atoms with Gasteiger partial charge in [-0.2, -0.15) is 18.2 Å². The van der Waals surface area contributed by atoms with Crippen molar-refractivity contribution in [1.82, 2.24) is 10.1 Å². The molecule has 0 saturated carbocycles. The molecule has 0 spiro atoms. The Labute approximate surface area is 166 Å². The Morgan fingerprint density at radius 2 is 2.03 bits per heavy atom. The summed E-state index contributed by atoms with van der Waals surface area (Å²) in [5.74, 6) is -1.16. The first-order chi connectivity index (χ1) is 14.2. The summed E-state index contributed by atoms with van der Waals surface area (Å²) in [6.45, 7) is -0.476. The van der Waals surface area contributed by atoms with Crippen LogP contribution in [0.1, 0.15) is 21.8 Å². The number of nitrogens with zero attached hydrogens (tertiary/aromatic N) is 3. The van der Waals surface area contributed by atoms with Gasteiger partial charge < -0.3 is 14.6 Å². The topological polar surface area (TPSA) is 120 Å². The number of nitrogens with one attached hydrogen (secondary N) is 1. The van der Waals surface area contributed by atoms with Crippen LogP contribution in [-0.4, -0.2) is 28.1 Å². The molecule has 0 fully saturated rings. The molecule has 0 radical (unpaired) electrons. The van der Waals surface area contributed by atoms with Crippen LogP contribution < -0.4 is 5.32 Å². The molecule has 0 aliphatic rings. The van der Waals surface area contributed by atoms with Gasteiger partial charge in [-0.3, -0.25) is 10.1 Å². The van der Waals surface area contributed by atoms with Crippen molar-refractivity contribution in [1.29, 1.82) is 0 Å². The lowest BCUT2D eigenvalue weighted by atomic mass is 10.1. The number of alkyl halides is 3. The van der Waals surface area contributed by atoms with E-state index in [9.17, 15) is 28.1 Å². The number of carbonyl (C=O) groups is 1. The summed E-state index contributed by atoms with van der Waals surface area (Å²) in [7, 11) is 1.53. The van der Waals surface area contributed by atoms with Crippen LogP contribution in [0.5, 0.6) is 0 Å². The van der Waals surface area contributed by atoms with Crippen molar-refractivity contribution < 1.29 is 32.1 Å². The summed E-state index contributed by atoms with van der Waals surface area (Å²) in [5.41, 5.74) is -0.874. The molecule has 0 bridgehead atoms. The first-order valence-corrected chi connectivity index (χ1v) is 8.32. The molecule has 156 valence electrons. The quantitative estimate of drug-likeness (QED) is 0.359. The minimum absolute atomic E-state index is 0.0716. The van der Waals surface area contributed by atoms with Gasteiger partial charge in [0.2, 0.25) is 5.82 Å². The number of hydrogen-bond acceptors (Lipinski definition) is 8. The third-order valence-electron chi connectivity index (χ3n) is 3.95. The number of rotatable bonds is 6. The molecular weight excluding hydrogens is 409 g/mol. The predicted octanol–water partition coefficient (Wildman–Crippen LogP) is 4.06. The lowest BCUT2D eigenvalue weighted by Gasteiger charge is -2.08. The summed E-state index contributed by atoms with van der Waals surface area (Å²) in [4.78, 5) is 26.5. The zero-order valence-corrected chi connectivity index (χ0v) is 15.3. The molecule has 30 heavy (non-hydrogen) atoms. The van der Waals surface area contributed by atoms with Crippen LogP contribution in [0.15, 0.2) is 47.0 Å². The van der Waals surface area contributed by atoms with Gasteiger partial charge in [-0.15, -0.1) is 0 Å². The smallest absolute Gasteiger partial charge is 0.416 e. The van der Waals surface area contributed by atoms with Crippen LogP contribution in [0.4, 0.5) is 24.5 Å². The lowest BCUT2D eigenvalue weighted by molar-refractivity contribution is -0.384. The van der Waals surface area contributed by atoms with Crippen molar-refractivity contribution >= 4 is 17.3 Å². The molecule has 0 amide bonds. The largest absolute Gasteiger partial charge is 0.452 e. The molecule has 12 heteroatoms. The van der Waals surface area contributed by atoms with E-state index in [1.54, 1.807) is 0 Å². The fourth-order valence-corrected chi connectivity index (χ4v) is 2.50. The van der Waals surface area contributed by atoms with E-state index in [1.807, 2.05) is 0 Å². The Balaban J connectivity index is 1.74. The number of nitro benzene ring substituents is 1. The van der Waals surface area contributed by atoms with Crippen LogP contribution in [0.3, 0.4) is 0 Å². The summed E-state index contributed by atoms with van der Waals surface area (Å²) >= 11 is 0. The minimum Gasteiger partial charge on any atom is -0.452 e. The Hall–Kier alpha value is -3.96. The average molecular weight is 422 g/mol. The maximum Gasteiger partial charge on any atom is 0.416 e. The average Bonchev–Trinajstić information content (AvgIpc) is 3.20. The molecule has 1 N–H and O–H groups in total. The summed E-state index contributed by atoms with van der Waals surface area (Å²) in [6.07, 6.45) is -4.53. The van der Waals surface area contributed by atoms with Crippen molar-refractivity contribution in [2.45, 2.75) is 12.8 Å². The van der Waals surface area contributed by atoms with E-state index >= 15 is 0 Å². The number of nitro groups is 1. The van der Waals surface area contributed by atoms with Gasteiger partial charge in [-0.25, -0.2) is 4.79 Å². The van der Waals surface area contributed by atoms with E-state index < -0.39 is 29.2 Å². The zero-order valence-electron chi connectivity index (χ0n) is 15.3. The third kappa shape index (κ3) is 4.54. The van der Waals surface area contributed by atoms with Crippen LogP contribution in [0, 0.1) is 10.1 Å². The lowest BCUT2D eigenvalue weighted by Crippen LogP contribution is -2.09. The van der Waals surface area contributed by atoms with Crippen LogP contribution in [0.2, 0.25) is 0 Å². The maximum atomic E-state index is 12.8. The van der Waals surface area contributed by atoms with Crippen molar-refractivity contribution in [3.63, 3.8) is 0 Å². The number of ether oxygens (including phenoxy) is 1. The van der Waals surface area contributed by atoms with Crippen LogP contribution in [0.25, 0.3) is 11.4 Å². The van der Waals surface area contributed by atoms with E-state index in [-0.39, 0.29) is 28.5 Å². The second-order valence-electron chi connectivity index (χ2n) is 5.90. The van der Waals surface area contributed by atoms with E-state index in [2.05, 4.69) is 15.5 Å². The zero-order chi connectivity index (χ0) is 21.9. The van der Waals surface area contributed by atoms with Crippen LogP contribution >= 0.6 is 0 Å². The second-order valence-corrected chi connectivity index (χ2v) is 5.90. The van der Waals surface area contributed by atoms with Gasteiger partial charge in [0.05, 0.1) is 16.1 Å². The summed E-state index contributed by atoms with van der Waals surface area (Å²) in [6, 6.07) is 7.98. The highest BCUT2D eigenvalue weighted by Gasteiger charge is 2.30. The fourth-order valence-electron chi connectivity index (χ4n) is 2.50. The number of benzene rings is 2. The molecule has 0 aliphatic carbocycles. The Morgan fingerprint density at radius 1 is 1.27 bits per heavy atom. The molecule has 1 heterocycles. The molecular formula is C18H13F3N4O5. The number of anilines is 1. The normalized spacial score (nSPS) is 11.2. The molecule has 0 aliphatic heterocycles. The van der Waals surface area contributed by atoms with Crippen LogP contribution in [-0.2, 0) is 17.5 Å². The second kappa shape index (κ2) is 8.19. The number of esters is 1. The molecule has 1 aromatic heterocycles. The van der Waals surface area contributed by atoms with Crippen molar-refractivity contribution in [3.8, 4) is 11.4 Å². The van der Waals surface area contributed by atoms with E-state index in [4.69, 9.17) is 9.26 Å². The first-order valence-electron chi connectivity index (χ1n) is 8.32. The van der Waals surface area contributed by atoms with Gasteiger partial charge in [0.15, 0.2) is 6.61 Å². The van der Waals surface area contributed by atoms with E-state index in [1.165, 1.54) is 31.3 Å². The third-order valence-corrected chi connectivity index (χ3v) is 3.95. The number of halogens is 3. The Morgan fingerprint density at radius 3 is 2.70 bits per heavy atom. The SMILES string of the molecule is CNc1ccc([N+](=O)[O-])cc1C(=O)OCc1nc(-c2cccc(C(F)(F)F)c2)no1. The standard InChI is InChI=1S/C18H13F3N4O5/c1-22-14-6-5-12(25(27)28)8-13(14)17(26)29-9-15-23-16(24-30-15)10-3-2-4-11(7-10)18(19,20)21/h2-8,22H,9H2,1H3. The Bertz CT molecular complexity index is 1100. The number of hydrogen-bond donors (Lipinski definition) is 1. The van der Waals surface area contributed by atoms with E-state index in [0.29, 0.717) is 5.69 Å². The number of non-ortho nitro benzene ring substituents is 1. The van der Waals surface area contributed by atoms with Crippen molar-refractivity contribution in [2.24, 2.45) is 0 Å².